The zero-order valence-corrected chi connectivity index (χ0v) is 12.3. The van der Waals surface area contributed by atoms with Gasteiger partial charge in [-0.05, 0) is 31.4 Å². The van der Waals surface area contributed by atoms with Crippen LogP contribution in [0.4, 0.5) is 18.9 Å². The molecule has 0 bridgehead atoms. The van der Waals surface area contributed by atoms with Crippen LogP contribution in [0.1, 0.15) is 22.8 Å². The van der Waals surface area contributed by atoms with Gasteiger partial charge in [-0.2, -0.15) is 24.9 Å². The molecule has 0 aliphatic carbocycles. The van der Waals surface area contributed by atoms with Crippen LogP contribution < -0.4 is 10.6 Å². The van der Waals surface area contributed by atoms with E-state index in [4.69, 9.17) is 0 Å². The normalized spacial score (nSPS) is 12.9. The molecule has 0 heterocycles. The average molecular weight is 306 g/mol. The Labute approximate surface area is 120 Å². The number of nitrogens with one attached hydrogen (secondary N) is 2. The quantitative estimate of drug-likeness (QED) is 0.877. The lowest BCUT2D eigenvalue weighted by Gasteiger charge is -2.16. The van der Waals surface area contributed by atoms with E-state index in [0.29, 0.717) is 5.75 Å². The zero-order chi connectivity index (χ0) is 15.3. The van der Waals surface area contributed by atoms with E-state index in [1.165, 1.54) is 19.2 Å². The number of carbonyl (C=O) groups is 1. The Balaban J connectivity index is 3.00. The lowest BCUT2D eigenvalue weighted by Crippen LogP contribution is -2.34. The molecule has 0 fully saturated rings. The van der Waals surface area contributed by atoms with Crippen molar-refractivity contribution in [2.75, 3.05) is 24.4 Å². The highest BCUT2D eigenvalue weighted by molar-refractivity contribution is 7.98. The van der Waals surface area contributed by atoms with Gasteiger partial charge in [0.1, 0.15) is 0 Å². The van der Waals surface area contributed by atoms with Crippen molar-refractivity contribution in [3.8, 4) is 0 Å². The minimum atomic E-state index is -4.50. The lowest BCUT2D eigenvalue weighted by atomic mass is 10.1. The van der Waals surface area contributed by atoms with Gasteiger partial charge in [0.05, 0.1) is 5.56 Å². The summed E-state index contributed by atoms with van der Waals surface area (Å²) in [7, 11) is 1.41. The Morgan fingerprint density at radius 3 is 2.55 bits per heavy atom. The molecule has 2 N–H and O–H groups in total. The highest BCUT2D eigenvalue weighted by atomic mass is 32.2. The van der Waals surface area contributed by atoms with Gasteiger partial charge < -0.3 is 10.6 Å². The molecule has 7 heteroatoms. The van der Waals surface area contributed by atoms with E-state index in [1.54, 1.807) is 18.7 Å². The van der Waals surface area contributed by atoms with E-state index < -0.39 is 17.6 Å². The van der Waals surface area contributed by atoms with Crippen molar-refractivity contribution in [1.82, 2.24) is 5.32 Å². The van der Waals surface area contributed by atoms with Gasteiger partial charge >= 0.3 is 6.18 Å². The van der Waals surface area contributed by atoms with Crippen molar-refractivity contribution in [2.45, 2.75) is 19.1 Å². The number of amides is 1. The molecule has 1 rings (SSSR count). The molecule has 0 saturated heterocycles. The van der Waals surface area contributed by atoms with Crippen molar-refractivity contribution in [2.24, 2.45) is 0 Å². The Kier molecular flexibility index (Phi) is 5.74. The number of hydrogen-bond acceptors (Lipinski definition) is 3. The van der Waals surface area contributed by atoms with Crippen LogP contribution in [0.5, 0.6) is 0 Å². The summed E-state index contributed by atoms with van der Waals surface area (Å²) in [6, 6.07) is 3.41. The molecule has 1 atom stereocenters. The molecule has 0 aromatic heterocycles. The van der Waals surface area contributed by atoms with E-state index in [2.05, 4.69) is 10.6 Å². The highest BCUT2D eigenvalue weighted by Crippen LogP contribution is 2.35. The summed E-state index contributed by atoms with van der Waals surface area (Å²) in [6.45, 7) is 1.81. The van der Waals surface area contributed by atoms with Crippen molar-refractivity contribution in [3.05, 3.63) is 29.3 Å². The van der Waals surface area contributed by atoms with E-state index in [9.17, 15) is 18.0 Å². The molecule has 3 nitrogen and oxygen atoms in total. The minimum absolute atomic E-state index is 0.00396. The molecule has 112 valence electrons. The van der Waals surface area contributed by atoms with Crippen molar-refractivity contribution >= 4 is 23.4 Å². The summed E-state index contributed by atoms with van der Waals surface area (Å²) in [4.78, 5) is 11.9. The Morgan fingerprint density at radius 2 is 2.05 bits per heavy atom. The zero-order valence-electron chi connectivity index (χ0n) is 11.5. The maximum Gasteiger partial charge on any atom is 0.418 e. The first-order valence-electron chi connectivity index (χ1n) is 5.98. The van der Waals surface area contributed by atoms with Crippen LogP contribution in [-0.4, -0.2) is 31.0 Å². The summed E-state index contributed by atoms with van der Waals surface area (Å²) >= 11 is 1.56. The number of thioether (sulfide) groups is 1. The molecule has 0 radical (unpaired) electrons. The topological polar surface area (TPSA) is 41.1 Å². The fourth-order valence-electron chi connectivity index (χ4n) is 1.74. The number of anilines is 1. The van der Waals surface area contributed by atoms with E-state index in [1.807, 2.05) is 6.26 Å². The van der Waals surface area contributed by atoms with Crippen LogP contribution in [0, 0.1) is 0 Å². The van der Waals surface area contributed by atoms with Crippen LogP contribution in [0.2, 0.25) is 0 Å². The van der Waals surface area contributed by atoms with Gasteiger partial charge in [0.15, 0.2) is 0 Å². The molecule has 1 aromatic rings. The second-order valence-electron chi connectivity index (χ2n) is 4.34. The summed E-state index contributed by atoms with van der Waals surface area (Å²) in [6.07, 6.45) is -2.61. The van der Waals surface area contributed by atoms with Gasteiger partial charge in [-0.15, -0.1) is 0 Å². The van der Waals surface area contributed by atoms with E-state index in [0.717, 1.165) is 6.07 Å². The van der Waals surface area contributed by atoms with E-state index in [-0.39, 0.29) is 17.3 Å². The van der Waals surface area contributed by atoms with Crippen LogP contribution in [-0.2, 0) is 6.18 Å². The first-order valence-corrected chi connectivity index (χ1v) is 7.37. The molecular weight excluding hydrogens is 289 g/mol. The fourth-order valence-corrected chi connectivity index (χ4v) is 2.32. The van der Waals surface area contributed by atoms with Crippen molar-refractivity contribution < 1.29 is 18.0 Å². The van der Waals surface area contributed by atoms with Crippen LogP contribution in [0.3, 0.4) is 0 Å². The Bertz CT molecular complexity index is 477. The van der Waals surface area contributed by atoms with Gasteiger partial charge in [-0.25, -0.2) is 0 Å². The van der Waals surface area contributed by atoms with E-state index >= 15 is 0 Å². The number of carbonyl (C=O) groups excluding carboxylic acids is 1. The van der Waals surface area contributed by atoms with Crippen LogP contribution in [0.15, 0.2) is 18.2 Å². The lowest BCUT2D eigenvalue weighted by molar-refractivity contribution is -0.136. The second kappa shape index (κ2) is 6.88. The van der Waals surface area contributed by atoms with Crippen LogP contribution in [0.25, 0.3) is 0 Å². The third-order valence-electron chi connectivity index (χ3n) is 2.65. The van der Waals surface area contributed by atoms with Gasteiger partial charge in [-0.1, -0.05) is 0 Å². The largest absolute Gasteiger partial charge is 0.418 e. The first kappa shape index (κ1) is 16.7. The van der Waals surface area contributed by atoms with Gasteiger partial charge in [-0.3, -0.25) is 4.79 Å². The molecule has 1 amide bonds. The third kappa shape index (κ3) is 4.33. The molecule has 1 aromatic carbocycles. The van der Waals surface area contributed by atoms with Crippen LogP contribution >= 0.6 is 11.8 Å². The Morgan fingerprint density at radius 1 is 1.40 bits per heavy atom. The summed E-state index contributed by atoms with van der Waals surface area (Å²) < 4.78 is 38.7. The number of rotatable bonds is 5. The summed E-state index contributed by atoms with van der Waals surface area (Å²) in [5, 5.41) is 5.14. The third-order valence-corrected chi connectivity index (χ3v) is 3.48. The maximum absolute atomic E-state index is 12.9. The number of hydrogen-bond donors (Lipinski definition) is 2. The molecular formula is C13H17F3N2OS. The highest BCUT2D eigenvalue weighted by Gasteiger charge is 2.34. The van der Waals surface area contributed by atoms with Gasteiger partial charge in [0.2, 0.25) is 0 Å². The smallest absolute Gasteiger partial charge is 0.388 e. The average Bonchev–Trinajstić information content (AvgIpc) is 2.37. The predicted octanol–water partition coefficient (Wildman–Crippen LogP) is 3.23. The minimum Gasteiger partial charge on any atom is -0.388 e. The monoisotopic (exact) mass is 306 g/mol. The number of halogens is 3. The standard InChI is InChI=1S/C13H17F3N2OS/c1-8(7-20-3)18-12(19)9-4-5-11(17-2)10(6-9)13(14,15)16/h4-6,8,17H,7H2,1-3H3,(H,18,19). The first-order chi connectivity index (χ1) is 9.29. The fraction of sp³-hybridized carbons (Fsp3) is 0.462. The number of alkyl halides is 3. The molecule has 0 aliphatic rings. The predicted molar refractivity (Wildman–Crippen MR) is 76.3 cm³/mol. The Hall–Kier alpha value is -1.37. The SMILES string of the molecule is CNc1ccc(C(=O)NC(C)CSC)cc1C(F)(F)F. The van der Waals surface area contributed by atoms with Crippen molar-refractivity contribution in [3.63, 3.8) is 0 Å². The summed E-state index contributed by atoms with van der Waals surface area (Å²) in [5.74, 6) is 0.201. The van der Waals surface area contributed by atoms with Crippen molar-refractivity contribution in [1.29, 1.82) is 0 Å². The second-order valence-corrected chi connectivity index (χ2v) is 5.25. The molecule has 0 spiro atoms. The molecule has 0 saturated carbocycles. The summed E-state index contributed by atoms with van der Waals surface area (Å²) in [5.41, 5.74) is -0.888. The van der Waals surface area contributed by atoms with Gasteiger partial charge in [0.25, 0.3) is 5.91 Å². The number of benzene rings is 1. The maximum atomic E-state index is 12.9. The molecule has 1 unspecified atom stereocenters. The van der Waals surface area contributed by atoms with Gasteiger partial charge in [0, 0.05) is 30.1 Å². The molecule has 20 heavy (non-hydrogen) atoms. The molecule has 0 aliphatic heterocycles.